The van der Waals surface area contributed by atoms with E-state index < -0.39 is 27.8 Å². The van der Waals surface area contributed by atoms with E-state index in [1.165, 1.54) is 60.7 Å². The number of aryl methyl sites for hydroxylation is 1. The van der Waals surface area contributed by atoms with Crippen LogP contribution in [-0.2, 0) is 20.4 Å². The Morgan fingerprint density at radius 2 is 1.72 bits per heavy atom. The second kappa shape index (κ2) is 19.6. The maximum Gasteiger partial charge on any atom is 0.253 e. The predicted molar refractivity (Wildman–Crippen MR) is 248 cm³/mol. The Labute approximate surface area is 374 Å². The van der Waals surface area contributed by atoms with Gasteiger partial charge in [0.2, 0.25) is 15.4 Å². The number of nitrogens with zero attached hydrogens (tertiary/aromatic N) is 2. The Hall–Kier alpha value is -6.92. The van der Waals surface area contributed by atoms with E-state index in [-0.39, 0.29) is 51.1 Å². The molecule has 0 aliphatic rings. The van der Waals surface area contributed by atoms with Gasteiger partial charge in [-0.2, -0.15) is 0 Å². The zero-order chi connectivity index (χ0) is 45.5. The number of nitrogens with one attached hydrogen (secondary N) is 3. The van der Waals surface area contributed by atoms with Gasteiger partial charge in [-0.15, -0.1) is 0 Å². The van der Waals surface area contributed by atoms with Gasteiger partial charge in [-0.1, -0.05) is 30.3 Å². The fourth-order valence-corrected chi connectivity index (χ4v) is 8.89. The van der Waals surface area contributed by atoms with Crippen LogP contribution in [0.1, 0.15) is 43.5 Å². The van der Waals surface area contributed by atoms with Gasteiger partial charge in [-0.25, -0.2) is 8.42 Å². The van der Waals surface area contributed by atoms with Crippen molar-refractivity contribution in [3.63, 3.8) is 0 Å². The molecule has 5 aromatic carbocycles. The Bertz CT molecular complexity index is 3030. The summed E-state index contributed by atoms with van der Waals surface area (Å²) < 4.78 is 45.1. The molecule has 2 heterocycles. The molecule has 64 heavy (non-hydrogen) atoms. The van der Waals surface area contributed by atoms with Crippen molar-refractivity contribution in [3.8, 4) is 17.2 Å². The number of primary amides is 1. The van der Waals surface area contributed by atoms with Crippen LogP contribution in [0.15, 0.2) is 130 Å². The number of thiol groups is 1. The van der Waals surface area contributed by atoms with Gasteiger partial charge >= 0.3 is 0 Å². The number of carbonyl (C=O) groups is 2. The minimum absolute atomic E-state index is 0.0289. The molecule has 0 aliphatic heterocycles. The monoisotopic (exact) mass is 902 g/mol. The molecule has 2 aromatic heterocycles. The zero-order valence-corrected chi connectivity index (χ0v) is 36.8. The first-order chi connectivity index (χ1) is 30.8. The van der Waals surface area contributed by atoms with Gasteiger partial charge in [0.15, 0.2) is 0 Å². The molecule has 0 spiro atoms. The van der Waals surface area contributed by atoms with Gasteiger partial charge in [0.1, 0.15) is 30.0 Å². The molecule has 0 fully saturated rings. The lowest BCUT2D eigenvalue weighted by Gasteiger charge is -2.19. The number of benzene rings is 5. The van der Waals surface area contributed by atoms with Crippen LogP contribution in [0.3, 0.4) is 0 Å². The third-order valence-electron chi connectivity index (χ3n) is 10.7. The highest BCUT2D eigenvalue weighted by Crippen LogP contribution is 2.35. The van der Waals surface area contributed by atoms with E-state index in [0.717, 1.165) is 11.1 Å². The molecule has 330 valence electrons. The van der Waals surface area contributed by atoms with Crippen LogP contribution in [0.25, 0.3) is 21.8 Å². The van der Waals surface area contributed by atoms with Crippen molar-refractivity contribution in [1.82, 2.24) is 20.2 Å². The first-order valence-electron chi connectivity index (χ1n) is 20.1. The molecule has 0 bridgehead atoms. The molecule has 7 aromatic rings. The number of anilines is 2. The molecule has 0 unspecified atom stereocenters. The number of phenols is 1. The summed E-state index contributed by atoms with van der Waals surface area (Å²) in [5, 5.41) is 17.8. The highest BCUT2D eigenvalue weighted by Gasteiger charge is 2.24. The molecule has 0 saturated carbocycles. The van der Waals surface area contributed by atoms with E-state index in [0.29, 0.717) is 64.1 Å². The minimum atomic E-state index is -4.18. The van der Waals surface area contributed by atoms with Crippen molar-refractivity contribution in [2.24, 2.45) is 5.73 Å². The minimum Gasteiger partial charge on any atom is -0.506 e. The summed E-state index contributed by atoms with van der Waals surface area (Å²) in [4.78, 5) is 46.3. The summed E-state index contributed by atoms with van der Waals surface area (Å²) in [5.41, 5.74) is 9.73. The number of aromatic nitrogens is 2. The SMILES string of the molecule is COc1cccc(Nc2c(C(N)=O)cnc3c(C)cc(S(=O)(=O)c4cccc(C(=O)N(C)CCOc5ccc(CCNC[C@H](OS)c6ccc(O)c7[nH]c(=O)ccc67)cc5)c4)cc23)c1. The van der Waals surface area contributed by atoms with Gasteiger partial charge in [-0.3, -0.25) is 19.4 Å². The number of hydrogen-bond donors (Lipinski definition) is 6. The third kappa shape index (κ3) is 9.97. The number of aromatic hydroxyl groups is 1. The first-order valence-corrected chi connectivity index (χ1v) is 21.9. The van der Waals surface area contributed by atoms with Crippen LogP contribution in [0.4, 0.5) is 11.4 Å². The standard InChI is InChI=1S/C47H46N6O9S2/c1-28-22-35(25-38-43(28)50-26-39(46(48)56)44(38)51-31-7-5-8-33(24-31)60-3)64(58,59)34-9-4-6-30(23-34)47(57)53(2)20-21-61-32-12-10-29(11-13-32)18-19-49-27-41(62-63)36-14-16-40(54)45-37(36)15-17-42(55)52-45/h4-17,22-26,41,49,54,63H,18-21,27H2,1-3H3,(H2,48,56)(H,50,51)(H,52,55)/t41-/m0/s1. The van der Waals surface area contributed by atoms with E-state index >= 15 is 0 Å². The van der Waals surface area contributed by atoms with Crippen molar-refractivity contribution >= 4 is 67.7 Å². The fourth-order valence-electron chi connectivity index (χ4n) is 7.29. The van der Waals surface area contributed by atoms with Gasteiger partial charge in [0, 0.05) is 53.9 Å². The van der Waals surface area contributed by atoms with Crippen LogP contribution in [0.2, 0.25) is 0 Å². The quantitative estimate of drug-likeness (QED) is 0.0303. The number of ether oxygens (including phenoxy) is 2. The van der Waals surface area contributed by atoms with Crippen LogP contribution >= 0.6 is 12.9 Å². The average Bonchev–Trinajstić information content (AvgIpc) is 3.30. The van der Waals surface area contributed by atoms with Gasteiger partial charge in [-0.05, 0) is 116 Å². The van der Waals surface area contributed by atoms with Crippen LogP contribution in [0.5, 0.6) is 17.2 Å². The van der Waals surface area contributed by atoms with E-state index in [1.807, 2.05) is 24.3 Å². The summed E-state index contributed by atoms with van der Waals surface area (Å²) in [7, 11) is -1.03. The second-order valence-electron chi connectivity index (χ2n) is 15.0. The summed E-state index contributed by atoms with van der Waals surface area (Å²) in [6.45, 7) is 3.21. The number of pyridine rings is 2. The Morgan fingerprint density at radius 1 is 0.938 bits per heavy atom. The second-order valence-corrected chi connectivity index (χ2v) is 17.1. The first kappa shape index (κ1) is 45.1. The summed E-state index contributed by atoms with van der Waals surface area (Å²) >= 11 is 4.07. The molecule has 7 rings (SSSR count). The number of amides is 2. The lowest BCUT2D eigenvalue weighted by atomic mass is 10.0. The van der Waals surface area contributed by atoms with Crippen LogP contribution in [-0.4, -0.2) is 80.6 Å². The van der Waals surface area contributed by atoms with Crippen molar-refractivity contribution < 1.29 is 36.8 Å². The number of rotatable bonds is 18. The van der Waals surface area contributed by atoms with Gasteiger partial charge in [0.25, 0.3) is 11.8 Å². The number of nitrogens with two attached hydrogens (primary N) is 1. The van der Waals surface area contributed by atoms with Gasteiger partial charge in [0.05, 0.1) is 45.7 Å². The number of H-pyrrole nitrogens is 1. The van der Waals surface area contributed by atoms with Crippen LogP contribution < -0.4 is 31.4 Å². The van der Waals surface area contributed by atoms with E-state index in [9.17, 15) is 27.9 Å². The lowest BCUT2D eigenvalue weighted by molar-refractivity contribution is 0.0773. The largest absolute Gasteiger partial charge is 0.506 e. The molecule has 15 nitrogen and oxygen atoms in total. The molecule has 1 atom stereocenters. The number of aromatic amines is 1. The van der Waals surface area contributed by atoms with Crippen molar-refractivity contribution in [2.45, 2.75) is 29.2 Å². The number of likely N-dealkylation sites (N-methyl/N-ethyl adjacent to an activating group) is 1. The number of hydrogen-bond acceptors (Lipinski definition) is 13. The fraction of sp³-hybridized carbons (Fsp3) is 0.191. The highest BCUT2D eigenvalue weighted by atomic mass is 32.2. The molecule has 0 saturated heterocycles. The molecule has 6 N–H and O–H groups in total. The number of methoxy groups -OCH3 is 1. The van der Waals surface area contributed by atoms with Crippen molar-refractivity contribution in [1.29, 1.82) is 0 Å². The van der Waals surface area contributed by atoms with E-state index in [1.54, 1.807) is 56.4 Å². The molecular weight excluding hydrogens is 857 g/mol. The maximum atomic E-state index is 14.2. The van der Waals surface area contributed by atoms with Crippen LogP contribution in [0, 0.1) is 6.92 Å². The summed E-state index contributed by atoms with van der Waals surface area (Å²) in [5.74, 6) is 0.0219. The predicted octanol–water partition coefficient (Wildman–Crippen LogP) is 6.66. The molecular formula is C47H46N6O9S2. The van der Waals surface area contributed by atoms with Crippen molar-refractivity contribution in [3.05, 3.63) is 154 Å². The Balaban J connectivity index is 0.957. The third-order valence-corrected chi connectivity index (χ3v) is 12.7. The number of sulfone groups is 1. The van der Waals surface area contributed by atoms with Gasteiger partial charge < -0.3 is 45.0 Å². The van der Waals surface area contributed by atoms with Crippen molar-refractivity contribution in [2.75, 3.05) is 45.7 Å². The van der Waals surface area contributed by atoms with E-state index in [4.69, 9.17) is 19.4 Å². The molecule has 0 aliphatic carbocycles. The van der Waals surface area contributed by atoms with E-state index in [2.05, 4.69) is 33.5 Å². The highest BCUT2D eigenvalue weighted by molar-refractivity contribution is 7.91. The summed E-state index contributed by atoms with van der Waals surface area (Å²) in [6.07, 6.45) is 1.62. The summed E-state index contributed by atoms with van der Waals surface area (Å²) in [6, 6.07) is 29.8. The number of carbonyl (C=O) groups excluding carboxylic acids is 2. The maximum absolute atomic E-state index is 14.2. The number of phenolic OH excluding ortho intramolecular Hbond substituents is 1. The zero-order valence-electron chi connectivity index (χ0n) is 35.1. The molecule has 0 radical (unpaired) electrons. The number of fused-ring (bicyclic) bond motifs is 2. The molecule has 2 amide bonds. The average molecular weight is 903 g/mol. The normalized spacial score (nSPS) is 11.9. The molecule has 17 heteroatoms. The topological polar surface area (TPSA) is 215 Å². The Kier molecular flexibility index (Phi) is 13.8. The Morgan fingerprint density at radius 3 is 2.47 bits per heavy atom. The lowest BCUT2D eigenvalue weighted by Crippen LogP contribution is -2.31. The smallest absolute Gasteiger partial charge is 0.253 e.